The van der Waals surface area contributed by atoms with E-state index < -0.39 is 0 Å². The lowest BCUT2D eigenvalue weighted by Crippen LogP contribution is -2.45. The summed E-state index contributed by atoms with van der Waals surface area (Å²) in [6, 6.07) is 8.87. The van der Waals surface area contributed by atoms with E-state index in [2.05, 4.69) is 45.6 Å². The molecule has 1 atom stereocenters. The average Bonchev–Trinajstić information content (AvgIpc) is 2.21. The first kappa shape index (κ1) is 12.4. The number of hydrogen-bond donors (Lipinski definition) is 2. The van der Waals surface area contributed by atoms with Crippen LogP contribution in [0.5, 0.6) is 0 Å². The molecule has 0 aromatic heterocycles. The Hall–Kier alpha value is -0.0300. The summed E-state index contributed by atoms with van der Waals surface area (Å²) >= 11 is 5.36. The largest absolute Gasteiger partial charge is 0.271 e. The highest BCUT2D eigenvalue weighted by Crippen LogP contribution is 2.32. The van der Waals surface area contributed by atoms with Gasteiger partial charge in [0.15, 0.2) is 0 Å². The number of rotatable bonds is 5. The fourth-order valence-electron chi connectivity index (χ4n) is 1.91. The van der Waals surface area contributed by atoms with Crippen molar-refractivity contribution in [3.63, 3.8) is 0 Å². The van der Waals surface area contributed by atoms with Crippen molar-refractivity contribution in [2.45, 2.75) is 30.2 Å². The second kappa shape index (κ2) is 6.05. The van der Waals surface area contributed by atoms with Gasteiger partial charge in [0.25, 0.3) is 0 Å². The molecular weight excluding hydrogens is 284 g/mol. The number of nitrogens with one attached hydrogen (secondary N) is 1. The quantitative estimate of drug-likeness (QED) is 0.498. The van der Waals surface area contributed by atoms with Gasteiger partial charge in [0, 0.05) is 21.2 Å². The smallest absolute Gasteiger partial charge is 0.0332 e. The van der Waals surface area contributed by atoms with Gasteiger partial charge in [-0.1, -0.05) is 28.4 Å². The molecule has 0 saturated heterocycles. The Morgan fingerprint density at radius 3 is 2.88 bits per heavy atom. The Morgan fingerprint density at radius 1 is 1.50 bits per heavy atom. The van der Waals surface area contributed by atoms with Gasteiger partial charge in [-0.2, -0.15) is 0 Å². The molecule has 1 unspecified atom stereocenters. The van der Waals surface area contributed by atoms with Crippen molar-refractivity contribution in [2.24, 2.45) is 11.8 Å². The topological polar surface area (TPSA) is 38.0 Å². The van der Waals surface area contributed by atoms with Crippen molar-refractivity contribution in [3.05, 3.63) is 28.7 Å². The fraction of sp³-hybridized carbons (Fsp3) is 0.500. The summed E-state index contributed by atoms with van der Waals surface area (Å²) in [6.45, 7) is 0. The minimum atomic E-state index is 0.456. The van der Waals surface area contributed by atoms with Gasteiger partial charge in [0.05, 0.1) is 0 Å². The summed E-state index contributed by atoms with van der Waals surface area (Å²) in [7, 11) is 0. The monoisotopic (exact) mass is 300 g/mol. The van der Waals surface area contributed by atoms with E-state index in [4.69, 9.17) is 5.84 Å². The van der Waals surface area contributed by atoms with Crippen LogP contribution in [0, 0.1) is 5.92 Å². The van der Waals surface area contributed by atoms with Crippen LogP contribution < -0.4 is 11.3 Å². The van der Waals surface area contributed by atoms with Crippen LogP contribution in [-0.4, -0.2) is 11.8 Å². The number of thioether (sulfide) groups is 1. The molecule has 1 saturated carbocycles. The van der Waals surface area contributed by atoms with Gasteiger partial charge < -0.3 is 0 Å². The summed E-state index contributed by atoms with van der Waals surface area (Å²) in [5.74, 6) is 7.44. The van der Waals surface area contributed by atoms with E-state index >= 15 is 0 Å². The molecule has 0 aliphatic heterocycles. The van der Waals surface area contributed by atoms with Gasteiger partial charge in [-0.15, -0.1) is 11.8 Å². The number of hydrazine groups is 1. The van der Waals surface area contributed by atoms with Crippen LogP contribution in [-0.2, 0) is 0 Å². The maximum Gasteiger partial charge on any atom is 0.0332 e. The van der Waals surface area contributed by atoms with Crippen LogP contribution in [0.3, 0.4) is 0 Å². The Balaban J connectivity index is 1.85. The van der Waals surface area contributed by atoms with Crippen molar-refractivity contribution >= 4 is 27.7 Å². The Labute approximate surface area is 109 Å². The van der Waals surface area contributed by atoms with Crippen LogP contribution in [0.4, 0.5) is 0 Å². The number of hydrogen-bond acceptors (Lipinski definition) is 3. The highest BCUT2D eigenvalue weighted by atomic mass is 79.9. The van der Waals surface area contributed by atoms with Crippen molar-refractivity contribution in [1.29, 1.82) is 0 Å². The molecule has 0 radical (unpaired) electrons. The molecule has 0 heterocycles. The molecule has 0 bridgehead atoms. The van der Waals surface area contributed by atoms with E-state index in [1.165, 1.54) is 24.2 Å². The van der Waals surface area contributed by atoms with Gasteiger partial charge >= 0.3 is 0 Å². The van der Waals surface area contributed by atoms with E-state index in [0.29, 0.717) is 6.04 Å². The zero-order chi connectivity index (χ0) is 11.4. The van der Waals surface area contributed by atoms with Crippen LogP contribution in [0.15, 0.2) is 33.6 Å². The first-order valence-corrected chi connectivity index (χ1v) is 7.42. The maximum absolute atomic E-state index is 5.60. The molecule has 0 amide bonds. The third kappa shape index (κ3) is 3.23. The first-order chi connectivity index (χ1) is 7.79. The highest BCUT2D eigenvalue weighted by molar-refractivity contribution is 9.10. The molecule has 4 heteroatoms. The van der Waals surface area contributed by atoms with Crippen LogP contribution in [0.1, 0.15) is 19.3 Å². The molecule has 2 nitrogen and oxygen atoms in total. The molecule has 1 aliphatic carbocycles. The van der Waals surface area contributed by atoms with E-state index in [0.717, 1.165) is 16.1 Å². The molecule has 3 N–H and O–H groups in total. The van der Waals surface area contributed by atoms with Crippen molar-refractivity contribution in [1.82, 2.24) is 5.43 Å². The third-order valence-electron chi connectivity index (χ3n) is 3.16. The second-order valence-corrected chi connectivity index (χ2v) is 6.24. The SMILES string of the molecule is NNC(CSc1cccc(Br)c1)C1CCC1. The molecule has 2 rings (SSSR count). The fourth-order valence-corrected chi connectivity index (χ4v) is 3.58. The molecule has 1 aromatic rings. The lowest BCUT2D eigenvalue weighted by Gasteiger charge is -2.33. The predicted molar refractivity (Wildman–Crippen MR) is 73.3 cm³/mol. The Kier molecular flexibility index (Phi) is 4.70. The van der Waals surface area contributed by atoms with E-state index in [9.17, 15) is 0 Å². The number of nitrogens with two attached hydrogens (primary N) is 1. The Morgan fingerprint density at radius 2 is 2.31 bits per heavy atom. The molecule has 88 valence electrons. The molecule has 16 heavy (non-hydrogen) atoms. The summed E-state index contributed by atoms with van der Waals surface area (Å²) in [6.07, 6.45) is 4.02. The predicted octanol–water partition coefficient (Wildman–Crippen LogP) is 3.17. The molecule has 1 fully saturated rings. The van der Waals surface area contributed by atoms with Crippen molar-refractivity contribution in [3.8, 4) is 0 Å². The van der Waals surface area contributed by atoms with Crippen LogP contribution in [0.25, 0.3) is 0 Å². The average molecular weight is 301 g/mol. The normalized spacial score (nSPS) is 18.1. The zero-order valence-corrected chi connectivity index (χ0v) is 11.6. The minimum Gasteiger partial charge on any atom is -0.271 e. The minimum absolute atomic E-state index is 0.456. The first-order valence-electron chi connectivity index (χ1n) is 5.64. The third-order valence-corrected chi connectivity index (χ3v) is 4.76. The lowest BCUT2D eigenvalue weighted by molar-refractivity contribution is 0.246. The van der Waals surface area contributed by atoms with E-state index in [1.807, 2.05) is 11.8 Å². The van der Waals surface area contributed by atoms with E-state index in [1.54, 1.807) is 0 Å². The summed E-state index contributed by atoms with van der Waals surface area (Å²) < 4.78 is 1.14. The maximum atomic E-state index is 5.60. The lowest BCUT2D eigenvalue weighted by atomic mass is 9.80. The second-order valence-electron chi connectivity index (χ2n) is 4.23. The molecular formula is C12H17BrN2S. The summed E-state index contributed by atoms with van der Waals surface area (Å²) in [5, 5.41) is 0. The van der Waals surface area contributed by atoms with Crippen molar-refractivity contribution in [2.75, 3.05) is 5.75 Å². The van der Waals surface area contributed by atoms with E-state index in [-0.39, 0.29) is 0 Å². The van der Waals surface area contributed by atoms with Gasteiger partial charge in [0.2, 0.25) is 0 Å². The molecule has 1 aliphatic rings. The van der Waals surface area contributed by atoms with Gasteiger partial charge in [-0.25, -0.2) is 0 Å². The van der Waals surface area contributed by atoms with Gasteiger partial charge in [0.1, 0.15) is 0 Å². The summed E-state index contributed by atoms with van der Waals surface area (Å²) in [5.41, 5.74) is 2.96. The Bertz CT molecular complexity index is 342. The summed E-state index contributed by atoms with van der Waals surface area (Å²) in [4.78, 5) is 1.30. The highest BCUT2D eigenvalue weighted by Gasteiger charge is 2.26. The number of halogens is 1. The van der Waals surface area contributed by atoms with Crippen LogP contribution in [0.2, 0.25) is 0 Å². The van der Waals surface area contributed by atoms with Gasteiger partial charge in [-0.05, 0) is 37.0 Å². The van der Waals surface area contributed by atoms with Crippen LogP contribution >= 0.6 is 27.7 Å². The molecule has 0 spiro atoms. The molecule has 1 aromatic carbocycles. The van der Waals surface area contributed by atoms with Crippen molar-refractivity contribution < 1.29 is 0 Å². The van der Waals surface area contributed by atoms with Gasteiger partial charge in [-0.3, -0.25) is 11.3 Å². The standard InChI is InChI=1S/C12H17BrN2S/c13-10-5-2-6-11(7-10)16-8-12(15-14)9-3-1-4-9/h2,5-7,9,12,15H,1,3-4,8,14H2. The zero-order valence-electron chi connectivity index (χ0n) is 9.16. The number of benzene rings is 1.